The average molecular weight is 373 g/mol. The van der Waals surface area contributed by atoms with Crippen LogP contribution in [0.5, 0.6) is 0 Å². The quantitative estimate of drug-likeness (QED) is 0.801. The zero-order valence-corrected chi connectivity index (χ0v) is 15.6. The molecule has 1 aliphatic heterocycles. The molecule has 6 nitrogen and oxygen atoms in total. The molecule has 2 aliphatic carbocycles. The zero-order chi connectivity index (χ0) is 19.6. The second-order valence-corrected chi connectivity index (χ2v) is 8.41. The Morgan fingerprint density at radius 2 is 1.75 bits per heavy atom. The van der Waals surface area contributed by atoms with Gasteiger partial charge in [-0.3, -0.25) is 19.5 Å². The van der Waals surface area contributed by atoms with E-state index in [1.165, 1.54) is 6.20 Å². The molecule has 3 aliphatic rings. The molecule has 0 radical (unpaired) electrons. The summed E-state index contributed by atoms with van der Waals surface area (Å²) in [7, 11) is 0. The highest BCUT2D eigenvalue weighted by molar-refractivity contribution is 6.27. The summed E-state index contributed by atoms with van der Waals surface area (Å²) >= 11 is 0. The van der Waals surface area contributed by atoms with Crippen molar-refractivity contribution in [3.8, 4) is 0 Å². The van der Waals surface area contributed by atoms with E-state index >= 15 is 0 Å². The van der Waals surface area contributed by atoms with Gasteiger partial charge in [0, 0.05) is 29.2 Å². The maximum absolute atomic E-state index is 13.3. The molecule has 0 fully saturated rings. The SMILES string of the molecule is CC1(C)CC(=O)C2=C(C1)NC1=C(C(=O)c3cn[nH]c3C1=O)C2c1ccccc1. The number of hydrogen-bond acceptors (Lipinski definition) is 5. The number of dihydropyridines is 1. The highest BCUT2D eigenvalue weighted by Crippen LogP contribution is 2.48. The summed E-state index contributed by atoms with van der Waals surface area (Å²) in [5, 5.41) is 9.71. The smallest absolute Gasteiger partial charge is 0.228 e. The van der Waals surface area contributed by atoms with Crippen molar-refractivity contribution in [3.05, 3.63) is 75.9 Å². The molecule has 140 valence electrons. The lowest BCUT2D eigenvalue weighted by Gasteiger charge is -2.40. The number of nitrogens with zero attached hydrogens (tertiary/aromatic N) is 1. The Bertz CT molecular complexity index is 1120. The molecular weight excluding hydrogens is 354 g/mol. The van der Waals surface area contributed by atoms with Gasteiger partial charge in [0.25, 0.3) is 0 Å². The number of nitrogens with one attached hydrogen (secondary N) is 2. The van der Waals surface area contributed by atoms with E-state index in [2.05, 4.69) is 15.5 Å². The number of aromatic nitrogens is 2. The van der Waals surface area contributed by atoms with Crippen LogP contribution in [0.25, 0.3) is 0 Å². The molecule has 2 aromatic rings. The van der Waals surface area contributed by atoms with E-state index in [4.69, 9.17) is 0 Å². The Morgan fingerprint density at radius 1 is 1.00 bits per heavy atom. The van der Waals surface area contributed by atoms with Gasteiger partial charge in [0.2, 0.25) is 5.78 Å². The molecule has 2 heterocycles. The second-order valence-electron chi connectivity index (χ2n) is 8.41. The van der Waals surface area contributed by atoms with Crippen molar-refractivity contribution in [3.63, 3.8) is 0 Å². The minimum absolute atomic E-state index is 0.0254. The van der Waals surface area contributed by atoms with Gasteiger partial charge in [-0.1, -0.05) is 44.2 Å². The summed E-state index contributed by atoms with van der Waals surface area (Å²) in [6.07, 6.45) is 2.45. The third-order valence-electron chi connectivity index (χ3n) is 5.76. The van der Waals surface area contributed by atoms with Crippen LogP contribution in [-0.2, 0) is 4.79 Å². The summed E-state index contributed by atoms with van der Waals surface area (Å²) in [4.78, 5) is 39.6. The fourth-order valence-electron chi connectivity index (χ4n) is 4.59. The Kier molecular flexibility index (Phi) is 3.38. The Labute approximate surface area is 161 Å². The highest BCUT2D eigenvalue weighted by atomic mass is 16.1. The molecule has 1 atom stereocenters. The van der Waals surface area contributed by atoms with Crippen LogP contribution >= 0.6 is 0 Å². The maximum atomic E-state index is 13.3. The van der Waals surface area contributed by atoms with E-state index in [0.29, 0.717) is 24.0 Å². The molecule has 6 heteroatoms. The number of aromatic amines is 1. The minimum atomic E-state index is -0.546. The van der Waals surface area contributed by atoms with Gasteiger partial charge >= 0.3 is 0 Å². The third kappa shape index (κ3) is 2.27. The highest BCUT2D eigenvalue weighted by Gasteiger charge is 2.47. The van der Waals surface area contributed by atoms with Crippen LogP contribution in [0.2, 0.25) is 0 Å². The molecule has 1 aromatic heterocycles. The van der Waals surface area contributed by atoms with Crippen LogP contribution in [-0.4, -0.2) is 27.5 Å². The van der Waals surface area contributed by atoms with Crippen LogP contribution in [0.1, 0.15) is 59.0 Å². The minimum Gasteiger partial charge on any atom is -0.355 e. The van der Waals surface area contributed by atoms with Gasteiger partial charge < -0.3 is 5.32 Å². The molecule has 0 saturated heterocycles. The van der Waals surface area contributed by atoms with Crippen LogP contribution in [0.3, 0.4) is 0 Å². The van der Waals surface area contributed by atoms with Gasteiger partial charge in [-0.2, -0.15) is 5.10 Å². The number of ketones is 3. The van der Waals surface area contributed by atoms with E-state index in [1.807, 2.05) is 44.2 Å². The molecule has 0 amide bonds. The van der Waals surface area contributed by atoms with Crippen LogP contribution in [0.4, 0.5) is 0 Å². The van der Waals surface area contributed by atoms with E-state index in [9.17, 15) is 14.4 Å². The zero-order valence-electron chi connectivity index (χ0n) is 15.6. The van der Waals surface area contributed by atoms with Crippen molar-refractivity contribution < 1.29 is 14.4 Å². The van der Waals surface area contributed by atoms with Gasteiger partial charge in [0.1, 0.15) is 5.69 Å². The molecule has 28 heavy (non-hydrogen) atoms. The molecular formula is C22H19N3O3. The van der Waals surface area contributed by atoms with E-state index in [0.717, 1.165) is 11.3 Å². The van der Waals surface area contributed by atoms with Crippen molar-refractivity contribution in [2.24, 2.45) is 5.41 Å². The number of carbonyl (C=O) groups is 3. The first-order valence-electron chi connectivity index (χ1n) is 9.32. The van der Waals surface area contributed by atoms with Crippen LogP contribution < -0.4 is 5.32 Å². The lowest BCUT2D eigenvalue weighted by atomic mass is 9.66. The predicted molar refractivity (Wildman–Crippen MR) is 102 cm³/mol. The van der Waals surface area contributed by atoms with Crippen LogP contribution in [0.15, 0.2) is 59.1 Å². The van der Waals surface area contributed by atoms with Crippen molar-refractivity contribution in [2.45, 2.75) is 32.6 Å². The molecule has 2 N–H and O–H groups in total. The first-order valence-corrected chi connectivity index (χ1v) is 9.32. The number of fused-ring (bicyclic) bond motifs is 1. The summed E-state index contributed by atoms with van der Waals surface area (Å²) in [6.45, 7) is 4.08. The number of benzene rings is 1. The maximum Gasteiger partial charge on any atom is 0.228 e. The predicted octanol–water partition coefficient (Wildman–Crippen LogP) is 3.07. The number of H-pyrrole nitrogens is 1. The fraction of sp³-hybridized carbons (Fsp3) is 0.273. The largest absolute Gasteiger partial charge is 0.355 e. The van der Waals surface area contributed by atoms with Crippen molar-refractivity contribution in [1.82, 2.24) is 15.5 Å². The normalized spacial score (nSPS) is 23.2. The summed E-state index contributed by atoms with van der Waals surface area (Å²) in [6, 6.07) is 9.46. The second kappa shape index (κ2) is 5.61. The Balaban J connectivity index is 1.76. The summed E-state index contributed by atoms with van der Waals surface area (Å²) in [5.41, 5.74) is 3.06. The first kappa shape index (κ1) is 16.9. The van der Waals surface area contributed by atoms with Crippen molar-refractivity contribution in [2.75, 3.05) is 0 Å². The number of carbonyl (C=O) groups excluding carboxylic acids is 3. The average Bonchev–Trinajstić information content (AvgIpc) is 3.14. The van der Waals surface area contributed by atoms with Gasteiger partial charge in [-0.25, -0.2) is 0 Å². The molecule has 0 bridgehead atoms. The molecule has 1 unspecified atom stereocenters. The Morgan fingerprint density at radius 3 is 2.50 bits per heavy atom. The number of rotatable bonds is 1. The van der Waals surface area contributed by atoms with E-state index in [-0.39, 0.29) is 39.7 Å². The van der Waals surface area contributed by atoms with E-state index in [1.54, 1.807) is 0 Å². The summed E-state index contributed by atoms with van der Waals surface area (Å²) < 4.78 is 0. The monoisotopic (exact) mass is 373 g/mol. The molecule has 1 aromatic carbocycles. The van der Waals surface area contributed by atoms with Gasteiger partial charge in [-0.05, 0) is 17.4 Å². The van der Waals surface area contributed by atoms with Gasteiger partial charge in [-0.15, -0.1) is 0 Å². The van der Waals surface area contributed by atoms with Crippen LogP contribution in [0, 0.1) is 5.41 Å². The van der Waals surface area contributed by atoms with Gasteiger partial charge in [0.15, 0.2) is 11.6 Å². The number of allylic oxidation sites excluding steroid dienone is 4. The standard InChI is InChI=1S/C22H19N3O3/c1-22(2)8-13-16(14(26)9-22)15(11-6-4-3-5-7-11)17-19(24-13)21(28)18-12(20(17)27)10-23-25-18/h3-7,10,15,24H,8-9H2,1-2H3,(H,23,25). The third-order valence-corrected chi connectivity index (χ3v) is 5.76. The molecule has 0 saturated carbocycles. The Hall–Kier alpha value is -3.28. The number of Topliss-reactive ketones (excluding diaryl/α,β-unsaturated/α-hetero) is 3. The first-order chi connectivity index (χ1) is 13.4. The van der Waals surface area contributed by atoms with Gasteiger partial charge in [0.05, 0.1) is 17.5 Å². The lowest BCUT2D eigenvalue weighted by Crippen LogP contribution is -2.42. The summed E-state index contributed by atoms with van der Waals surface area (Å²) in [5.74, 6) is -1.07. The lowest BCUT2D eigenvalue weighted by molar-refractivity contribution is -0.118. The molecule has 5 rings (SSSR count). The fourth-order valence-corrected chi connectivity index (χ4v) is 4.59. The van der Waals surface area contributed by atoms with Crippen molar-refractivity contribution in [1.29, 1.82) is 0 Å². The topological polar surface area (TPSA) is 91.9 Å². The molecule has 0 spiro atoms. The number of hydrogen-bond donors (Lipinski definition) is 2. The van der Waals surface area contributed by atoms with Crippen molar-refractivity contribution >= 4 is 17.3 Å². The van der Waals surface area contributed by atoms with E-state index < -0.39 is 5.92 Å².